The fourth-order valence-electron chi connectivity index (χ4n) is 3.01. The predicted molar refractivity (Wildman–Crippen MR) is 78.9 cm³/mol. The second-order valence-electron chi connectivity index (χ2n) is 5.70. The van der Waals surface area contributed by atoms with Crippen LogP contribution in [-0.2, 0) is 0 Å². The van der Waals surface area contributed by atoms with Crippen molar-refractivity contribution in [3.05, 3.63) is 29.3 Å². The number of nitrogens with zero attached hydrogens (tertiary/aromatic N) is 4. The Morgan fingerprint density at radius 2 is 1.75 bits per heavy atom. The van der Waals surface area contributed by atoms with Crippen LogP contribution in [-0.4, -0.2) is 19.7 Å². The third-order valence-corrected chi connectivity index (χ3v) is 3.94. The lowest BCUT2D eigenvalue weighted by atomic mass is 9.86. The molecule has 0 spiro atoms. The third kappa shape index (κ3) is 2.53. The van der Waals surface area contributed by atoms with Gasteiger partial charge in [0, 0.05) is 17.3 Å². The summed E-state index contributed by atoms with van der Waals surface area (Å²) < 4.78 is 1.72. The van der Waals surface area contributed by atoms with E-state index >= 15 is 0 Å². The van der Waals surface area contributed by atoms with E-state index in [9.17, 15) is 0 Å². The Balaban J connectivity index is 1.95. The minimum atomic E-state index is 0.496. The van der Waals surface area contributed by atoms with Gasteiger partial charge in [0.15, 0.2) is 0 Å². The molecule has 20 heavy (non-hydrogen) atoms. The molecule has 2 N–H and O–H groups in total. The molecule has 2 heterocycles. The molecule has 2 aromatic heterocycles. The summed E-state index contributed by atoms with van der Waals surface area (Å²) >= 11 is 0. The van der Waals surface area contributed by atoms with Crippen LogP contribution in [0.2, 0.25) is 0 Å². The van der Waals surface area contributed by atoms with Gasteiger partial charge in [0.2, 0.25) is 0 Å². The molecule has 0 amide bonds. The number of anilines is 1. The molecule has 0 atom stereocenters. The fraction of sp³-hybridized carbons (Fsp3) is 0.533. The van der Waals surface area contributed by atoms with Crippen molar-refractivity contribution in [3.8, 4) is 5.95 Å². The lowest BCUT2D eigenvalue weighted by Crippen LogP contribution is -2.09. The Morgan fingerprint density at radius 1 is 1.10 bits per heavy atom. The van der Waals surface area contributed by atoms with E-state index in [1.807, 2.05) is 26.1 Å². The average Bonchev–Trinajstić information content (AvgIpc) is 2.81. The Bertz CT molecular complexity index is 590. The second-order valence-corrected chi connectivity index (χ2v) is 5.70. The van der Waals surface area contributed by atoms with E-state index in [0.29, 0.717) is 11.9 Å². The highest BCUT2D eigenvalue weighted by molar-refractivity contribution is 5.44. The summed E-state index contributed by atoms with van der Waals surface area (Å²) in [5, 5.41) is 4.65. The van der Waals surface area contributed by atoms with E-state index in [0.717, 1.165) is 22.8 Å². The largest absolute Gasteiger partial charge is 0.396 e. The number of aromatic nitrogens is 4. The van der Waals surface area contributed by atoms with Crippen molar-refractivity contribution in [2.75, 3.05) is 5.73 Å². The van der Waals surface area contributed by atoms with Crippen molar-refractivity contribution in [3.63, 3.8) is 0 Å². The summed E-state index contributed by atoms with van der Waals surface area (Å²) in [6, 6.07) is 1.96. The Morgan fingerprint density at radius 3 is 2.40 bits per heavy atom. The van der Waals surface area contributed by atoms with Crippen LogP contribution in [0.3, 0.4) is 0 Å². The normalized spacial score (nSPS) is 16.5. The van der Waals surface area contributed by atoms with Crippen LogP contribution in [0.25, 0.3) is 5.95 Å². The van der Waals surface area contributed by atoms with Crippen LogP contribution < -0.4 is 5.73 Å². The lowest BCUT2D eigenvalue weighted by Gasteiger charge is -2.19. The molecule has 3 rings (SSSR count). The quantitative estimate of drug-likeness (QED) is 0.911. The lowest BCUT2D eigenvalue weighted by molar-refractivity contribution is 0.435. The summed E-state index contributed by atoms with van der Waals surface area (Å²) in [5.41, 5.74) is 9.82. The highest BCUT2D eigenvalue weighted by Crippen LogP contribution is 2.34. The minimum Gasteiger partial charge on any atom is -0.396 e. The average molecular weight is 271 g/mol. The number of nitrogens with two attached hydrogens (primary N) is 1. The van der Waals surface area contributed by atoms with Crippen molar-refractivity contribution in [2.24, 2.45) is 0 Å². The summed E-state index contributed by atoms with van der Waals surface area (Å²) in [5.74, 6) is 1.10. The summed E-state index contributed by atoms with van der Waals surface area (Å²) in [6.07, 6.45) is 8.10. The molecule has 1 saturated carbocycles. The van der Waals surface area contributed by atoms with Gasteiger partial charge < -0.3 is 5.73 Å². The van der Waals surface area contributed by atoms with Gasteiger partial charge in [0.1, 0.15) is 0 Å². The second kappa shape index (κ2) is 5.23. The molecule has 5 heteroatoms. The molecule has 2 aromatic rings. The first kappa shape index (κ1) is 13.1. The first-order chi connectivity index (χ1) is 9.63. The fourth-order valence-corrected chi connectivity index (χ4v) is 3.01. The zero-order chi connectivity index (χ0) is 14.1. The van der Waals surface area contributed by atoms with Gasteiger partial charge >= 0.3 is 0 Å². The van der Waals surface area contributed by atoms with Gasteiger partial charge in [0.05, 0.1) is 17.6 Å². The summed E-state index contributed by atoms with van der Waals surface area (Å²) in [6.45, 7) is 3.93. The van der Waals surface area contributed by atoms with Gasteiger partial charge in [0.25, 0.3) is 5.95 Å². The van der Waals surface area contributed by atoms with Crippen molar-refractivity contribution in [2.45, 2.75) is 51.9 Å². The molecule has 5 nitrogen and oxygen atoms in total. The maximum absolute atomic E-state index is 6.15. The maximum atomic E-state index is 6.15. The van der Waals surface area contributed by atoms with Gasteiger partial charge in [-0.1, -0.05) is 19.3 Å². The molecular formula is C15H21N5. The van der Waals surface area contributed by atoms with Crippen LogP contribution in [0.1, 0.15) is 55.1 Å². The van der Waals surface area contributed by atoms with Crippen LogP contribution in [0, 0.1) is 13.8 Å². The van der Waals surface area contributed by atoms with Crippen LogP contribution in [0.4, 0.5) is 5.69 Å². The SMILES string of the molecule is Cc1cc(C)nc(-n2cc(N)c(C3CCCCC3)n2)n1. The molecule has 0 aliphatic heterocycles. The third-order valence-electron chi connectivity index (χ3n) is 3.94. The highest BCUT2D eigenvalue weighted by Gasteiger charge is 2.21. The van der Waals surface area contributed by atoms with E-state index in [2.05, 4.69) is 15.1 Å². The maximum Gasteiger partial charge on any atom is 0.251 e. The molecule has 1 aliphatic carbocycles. The molecule has 0 bridgehead atoms. The van der Waals surface area contributed by atoms with E-state index in [1.165, 1.54) is 32.1 Å². The molecule has 0 radical (unpaired) electrons. The van der Waals surface area contributed by atoms with E-state index < -0.39 is 0 Å². The van der Waals surface area contributed by atoms with Gasteiger partial charge in [-0.2, -0.15) is 5.10 Å². The molecule has 0 saturated heterocycles. The minimum absolute atomic E-state index is 0.496. The molecule has 1 aliphatic rings. The zero-order valence-electron chi connectivity index (χ0n) is 12.1. The molecular weight excluding hydrogens is 250 g/mol. The molecule has 106 valence electrons. The number of aryl methyl sites for hydroxylation is 2. The van der Waals surface area contributed by atoms with E-state index in [1.54, 1.807) is 4.68 Å². The van der Waals surface area contributed by atoms with Crippen molar-refractivity contribution in [1.82, 2.24) is 19.7 Å². The molecule has 1 fully saturated rings. The zero-order valence-corrected chi connectivity index (χ0v) is 12.1. The monoisotopic (exact) mass is 271 g/mol. The smallest absolute Gasteiger partial charge is 0.251 e. The number of rotatable bonds is 2. The van der Waals surface area contributed by atoms with Crippen molar-refractivity contribution in [1.29, 1.82) is 0 Å². The van der Waals surface area contributed by atoms with Crippen molar-refractivity contribution < 1.29 is 0 Å². The van der Waals surface area contributed by atoms with Crippen LogP contribution >= 0.6 is 0 Å². The number of hydrogen-bond donors (Lipinski definition) is 1. The van der Waals surface area contributed by atoms with Gasteiger partial charge in [-0.05, 0) is 32.8 Å². The number of hydrogen-bond acceptors (Lipinski definition) is 4. The predicted octanol–water partition coefficient (Wildman–Crippen LogP) is 2.91. The van der Waals surface area contributed by atoms with Crippen molar-refractivity contribution >= 4 is 5.69 Å². The summed E-state index contributed by atoms with van der Waals surface area (Å²) in [4.78, 5) is 8.88. The first-order valence-electron chi connectivity index (χ1n) is 7.31. The van der Waals surface area contributed by atoms with Crippen LogP contribution in [0.5, 0.6) is 0 Å². The summed E-state index contributed by atoms with van der Waals surface area (Å²) in [7, 11) is 0. The topological polar surface area (TPSA) is 69.6 Å². The molecule has 0 aromatic carbocycles. The number of nitrogen functional groups attached to an aromatic ring is 1. The first-order valence-corrected chi connectivity index (χ1v) is 7.31. The Hall–Kier alpha value is -1.91. The highest BCUT2D eigenvalue weighted by atomic mass is 15.3. The Labute approximate surface area is 119 Å². The van der Waals surface area contributed by atoms with Crippen LogP contribution in [0.15, 0.2) is 12.3 Å². The van der Waals surface area contributed by atoms with Gasteiger partial charge in [-0.15, -0.1) is 0 Å². The standard InChI is InChI=1S/C15H21N5/c1-10-8-11(2)18-15(17-10)20-9-13(16)14(19-20)12-6-4-3-5-7-12/h8-9,12H,3-7,16H2,1-2H3. The van der Waals surface area contributed by atoms with E-state index in [-0.39, 0.29) is 0 Å². The van der Waals surface area contributed by atoms with E-state index in [4.69, 9.17) is 5.73 Å². The van der Waals surface area contributed by atoms with Gasteiger partial charge in [-0.3, -0.25) is 0 Å². The van der Waals surface area contributed by atoms with Gasteiger partial charge in [-0.25, -0.2) is 14.6 Å². The molecule has 0 unspecified atom stereocenters. The Kier molecular flexibility index (Phi) is 3.42.